The summed E-state index contributed by atoms with van der Waals surface area (Å²) in [7, 11) is 0. The molecule has 5 nitrogen and oxygen atoms in total. The van der Waals surface area contributed by atoms with Crippen LogP contribution in [0.1, 0.15) is 25.0 Å². The summed E-state index contributed by atoms with van der Waals surface area (Å²) in [5.41, 5.74) is 6.73. The zero-order chi connectivity index (χ0) is 13.3. The van der Waals surface area contributed by atoms with E-state index in [9.17, 15) is 9.59 Å². The first-order chi connectivity index (χ1) is 8.38. The fourth-order valence-electron chi connectivity index (χ4n) is 1.87. The Hall–Kier alpha value is -2.30. The molecule has 0 spiro atoms. The van der Waals surface area contributed by atoms with E-state index in [4.69, 9.17) is 10.5 Å². The number of carbonyl (C=O) groups is 2. The molecule has 0 aliphatic carbocycles. The maximum absolute atomic E-state index is 11.3. The minimum atomic E-state index is -0.700. The van der Waals surface area contributed by atoms with Crippen LogP contribution in [0.4, 0.5) is 10.5 Å². The second kappa shape index (κ2) is 4.18. The molecule has 1 aliphatic rings. The summed E-state index contributed by atoms with van der Waals surface area (Å²) in [4.78, 5) is 22.0. The Balaban J connectivity index is 2.42. The minimum absolute atomic E-state index is 0.465. The number of hydrogen-bond donors (Lipinski definition) is 2. The van der Waals surface area contributed by atoms with Gasteiger partial charge >= 0.3 is 6.09 Å². The fourth-order valence-corrected chi connectivity index (χ4v) is 1.87. The Labute approximate surface area is 105 Å². The molecule has 0 unspecified atom stereocenters. The average molecular weight is 246 g/mol. The summed E-state index contributed by atoms with van der Waals surface area (Å²) in [6.45, 7) is 3.62. The maximum atomic E-state index is 11.3. The third-order valence-electron chi connectivity index (χ3n) is 2.72. The molecule has 0 fully saturated rings. The minimum Gasteiger partial charge on any atom is -0.438 e. The molecule has 0 saturated heterocycles. The van der Waals surface area contributed by atoms with Gasteiger partial charge in [-0.15, -0.1) is 0 Å². The molecule has 1 heterocycles. The van der Waals surface area contributed by atoms with E-state index in [-0.39, 0.29) is 0 Å². The Morgan fingerprint density at radius 3 is 2.83 bits per heavy atom. The third kappa shape index (κ3) is 2.34. The number of fused-ring (bicyclic) bond motifs is 1. The predicted molar refractivity (Wildman–Crippen MR) is 67.8 cm³/mol. The van der Waals surface area contributed by atoms with Crippen LogP contribution in [0.5, 0.6) is 0 Å². The lowest BCUT2D eigenvalue weighted by Gasteiger charge is -2.32. The van der Waals surface area contributed by atoms with Crippen molar-refractivity contribution in [3.63, 3.8) is 0 Å². The topological polar surface area (TPSA) is 81.4 Å². The quantitative estimate of drug-likeness (QED) is 0.783. The van der Waals surface area contributed by atoms with Gasteiger partial charge in [0.05, 0.1) is 5.69 Å². The lowest BCUT2D eigenvalue weighted by Crippen LogP contribution is -2.34. The van der Waals surface area contributed by atoms with Gasteiger partial charge < -0.3 is 10.5 Å². The van der Waals surface area contributed by atoms with Crippen molar-refractivity contribution in [1.82, 2.24) is 0 Å². The van der Waals surface area contributed by atoms with Gasteiger partial charge in [0.15, 0.2) is 0 Å². The smallest absolute Gasteiger partial charge is 0.412 e. The van der Waals surface area contributed by atoms with Crippen LogP contribution in [0.25, 0.3) is 6.08 Å². The van der Waals surface area contributed by atoms with Crippen LogP contribution >= 0.6 is 0 Å². The lowest BCUT2D eigenvalue weighted by atomic mass is 9.93. The molecule has 2 rings (SSSR count). The highest BCUT2D eigenvalue weighted by atomic mass is 16.6. The molecule has 2 amide bonds. The molecule has 1 aromatic rings. The van der Waals surface area contributed by atoms with E-state index < -0.39 is 17.6 Å². The van der Waals surface area contributed by atoms with Gasteiger partial charge in [-0.05, 0) is 37.6 Å². The Kier molecular flexibility index (Phi) is 2.82. The molecule has 0 aromatic heterocycles. The monoisotopic (exact) mass is 246 g/mol. The van der Waals surface area contributed by atoms with Gasteiger partial charge in [-0.25, -0.2) is 4.79 Å². The number of benzene rings is 1. The van der Waals surface area contributed by atoms with Crippen molar-refractivity contribution in [3.05, 3.63) is 35.4 Å². The van der Waals surface area contributed by atoms with Crippen molar-refractivity contribution < 1.29 is 14.3 Å². The number of nitrogens with one attached hydrogen (secondary N) is 1. The number of anilines is 1. The van der Waals surface area contributed by atoms with E-state index >= 15 is 0 Å². The highest BCUT2D eigenvalue weighted by Gasteiger charge is 2.33. The highest BCUT2D eigenvalue weighted by molar-refractivity contribution is 5.91. The molecule has 18 heavy (non-hydrogen) atoms. The van der Waals surface area contributed by atoms with Crippen LogP contribution < -0.4 is 11.1 Å². The number of hydrogen-bond acceptors (Lipinski definition) is 3. The summed E-state index contributed by atoms with van der Waals surface area (Å²) in [6, 6.07) is 5.42. The van der Waals surface area contributed by atoms with Crippen LogP contribution in [0.3, 0.4) is 0 Å². The largest absolute Gasteiger partial charge is 0.438 e. The SMILES string of the molecule is CC1(C)OC(=O)Nc2ccc(/C=C/C(N)=O)cc21. The summed E-state index contributed by atoms with van der Waals surface area (Å²) < 4.78 is 5.21. The van der Waals surface area contributed by atoms with E-state index in [0.29, 0.717) is 5.69 Å². The number of cyclic esters (lactones) is 1. The van der Waals surface area contributed by atoms with Crippen molar-refractivity contribution in [2.45, 2.75) is 19.4 Å². The molecule has 0 radical (unpaired) electrons. The van der Waals surface area contributed by atoms with Gasteiger partial charge in [-0.1, -0.05) is 6.07 Å². The van der Waals surface area contributed by atoms with E-state index in [1.165, 1.54) is 6.08 Å². The summed E-state index contributed by atoms with van der Waals surface area (Å²) in [5, 5.41) is 2.63. The Morgan fingerprint density at radius 1 is 1.44 bits per heavy atom. The number of nitrogens with two attached hydrogens (primary N) is 1. The molecule has 0 saturated carbocycles. The van der Waals surface area contributed by atoms with Crippen LogP contribution in [0.2, 0.25) is 0 Å². The lowest BCUT2D eigenvalue weighted by molar-refractivity contribution is -0.113. The second-order valence-electron chi connectivity index (χ2n) is 4.57. The van der Waals surface area contributed by atoms with Gasteiger partial charge in [0.25, 0.3) is 0 Å². The van der Waals surface area contributed by atoms with E-state index in [0.717, 1.165) is 11.1 Å². The normalized spacial score (nSPS) is 16.9. The predicted octanol–water partition coefficient (Wildman–Crippen LogP) is 1.98. The van der Waals surface area contributed by atoms with Crippen molar-refractivity contribution in [2.24, 2.45) is 5.73 Å². The van der Waals surface area contributed by atoms with E-state index in [1.807, 2.05) is 19.9 Å². The molecule has 1 aliphatic heterocycles. The van der Waals surface area contributed by atoms with Crippen LogP contribution in [0.15, 0.2) is 24.3 Å². The van der Waals surface area contributed by atoms with Crippen molar-refractivity contribution in [1.29, 1.82) is 0 Å². The number of rotatable bonds is 2. The molecular weight excluding hydrogens is 232 g/mol. The number of amides is 2. The fraction of sp³-hybridized carbons (Fsp3) is 0.231. The first-order valence-electron chi connectivity index (χ1n) is 5.50. The molecule has 94 valence electrons. The van der Waals surface area contributed by atoms with Crippen LogP contribution in [0, 0.1) is 0 Å². The van der Waals surface area contributed by atoms with Gasteiger partial charge in [-0.3, -0.25) is 10.1 Å². The first-order valence-corrected chi connectivity index (χ1v) is 5.50. The molecule has 0 atom stereocenters. The summed E-state index contributed by atoms with van der Waals surface area (Å²) in [6.07, 6.45) is 2.44. The number of primary amides is 1. The van der Waals surface area contributed by atoms with Crippen LogP contribution in [-0.4, -0.2) is 12.0 Å². The molecule has 5 heteroatoms. The summed E-state index contributed by atoms with van der Waals surface area (Å²) in [5.74, 6) is -0.503. The Morgan fingerprint density at radius 2 is 2.17 bits per heavy atom. The molecular formula is C13H14N2O3. The average Bonchev–Trinajstić information content (AvgIpc) is 2.25. The summed E-state index contributed by atoms with van der Waals surface area (Å²) >= 11 is 0. The zero-order valence-corrected chi connectivity index (χ0v) is 10.2. The maximum Gasteiger partial charge on any atom is 0.412 e. The Bertz CT molecular complexity index is 547. The number of carbonyl (C=O) groups excluding carboxylic acids is 2. The molecule has 3 N–H and O–H groups in total. The third-order valence-corrected chi connectivity index (χ3v) is 2.72. The van der Waals surface area contributed by atoms with Gasteiger partial charge in [-0.2, -0.15) is 0 Å². The van der Waals surface area contributed by atoms with E-state index in [1.54, 1.807) is 18.2 Å². The van der Waals surface area contributed by atoms with Crippen molar-refractivity contribution >= 4 is 23.8 Å². The van der Waals surface area contributed by atoms with Gasteiger partial charge in [0.1, 0.15) is 5.60 Å². The highest BCUT2D eigenvalue weighted by Crippen LogP contribution is 2.36. The first kappa shape index (κ1) is 12.2. The van der Waals surface area contributed by atoms with Crippen molar-refractivity contribution in [3.8, 4) is 0 Å². The standard InChI is InChI=1S/C13H14N2O3/c1-13(2)9-7-8(4-6-11(14)16)3-5-10(9)15-12(17)18-13/h3-7H,1-2H3,(H2,14,16)(H,15,17)/b6-4+. The van der Waals surface area contributed by atoms with Crippen LogP contribution in [-0.2, 0) is 15.1 Å². The van der Waals surface area contributed by atoms with Gasteiger partial charge in [0, 0.05) is 11.6 Å². The zero-order valence-electron chi connectivity index (χ0n) is 10.2. The van der Waals surface area contributed by atoms with E-state index in [2.05, 4.69) is 5.32 Å². The van der Waals surface area contributed by atoms with Crippen molar-refractivity contribution in [2.75, 3.05) is 5.32 Å². The number of ether oxygens (including phenoxy) is 1. The molecule has 0 bridgehead atoms. The second-order valence-corrected chi connectivity index (χ2v) is 4.57. The molecule has 1 aromatic carbocycles. The van der Waals surface area contributed by atoms with Gasteiger partial charge in [0.2, 0.25) is 5.91 Å².